The summed E-state index contributed by atoms with van der Waals surface area (Å²) in [4.78, 5) is 31.5. The molecule has 2 aromatic heterocycles. The Kier molecular flexibility index (Phi) is 3.32. The molecule has 116 valence electrons. The summed E-state index contributed by atoms with van der Waals surface area (Å²) < 4.78 is 14.3. The normalized spacial score (nSPS) is 21.5. The lowest BCUT2D eigenvalue weighted by Gasteiger charge is -2.18. The molecule has 1 fully saturated rings. The highest BCUT2D eigenvalue weighted by Crippen LogP contribution is 2.25. The summed E-state index contributed by atoms with van der Waals surface area (Å²) in [6, 6.07) is 0.961. The molecule has 0 radical (unpaired) electrons. The van der Waals surface area contributed by atoms with E-state index in [1.54, 1.807) is 4.90 Å². The van der Waals surface area contributed by atoms with Crippen LogP contribution in [0.15, 0.2) is 17.1 Å². The van der Waals surface area contributed by atoms with E-state index in [0.29, 0.717) is 13.1 Å². The molecule has 22 heavy (non-hydrogen) atoms. The number of anilines is 1. The molecule has 0 saturated carbocycles. The van der Waals surface area contributed by atoms with Crippen LogP contribution in [-0.2, 0) is 0 Å². The third-order valence-corrected chi connectivity index (χ3v) is 4.00. The molecule has 4 N–H and O–H groups in total. The van der Waals surface area contributed by atoms with Crippen molar-refractivity contribution >= 4 is 22.8 Å². The quantitative estimate of drug-likeness (QED) is 0.746. The van der Waals surface area contributed by atoms with Gasteiger partial charge in [-0.25, -0.2) is 14.2 Å². The molecule has 1 saturated heterocycles. The molecule has 0 bridgehead atoms. The van der Waals surface area contributed by atoms with Gasteiger partial charge in [0.05, 0.1) is 5.39 Å². The number of nitrogens with zero attached hydrogens (tertiary/aromatic N) is 2. The van der Waals surface area contributed by atoms with Crippen LogP contribution in [0.25, 0.3) is 11.0 Å². The Morgan fingerprint density at radius 2 is 2.27 bits per heavy atom. The van der Waals surface area contributed by atoms with Crippen LogP contribution in [0.3, 0.4) is 0 Å². The Morgan fingerprint density at radius 3 is 2.86 bits per heavy atom. The minimum atomic E-state index is -1.37. The predicted molar refractivity (Wildman–Crippen MR) is 78.6 cm³/mol. The first-order valence-electron chi connectivity index (χ1n) is 6.84. The molecule has 0 aromatic carbocycles. The third kappa shape index (κ3) is 2.21. The summed E-state index contributed by atoms with van der Waals surface area (Å²) in [5.41, 5.74) is 4.88. The molecule has 0 unspecified atom stereocenters. The number of carboxylic acid groups (broad SMARTS) is 1. The molecule has 2 atom stereocenters. The second-order valence-corrected chi connectivity index (χ2v) is 5.57. The molecule has 3 rings (SSSR count). The van der Waals surface area contributed by atoms with E-state index >= 15 is 0 Å². The van der Waals surface area contributed by atoms with Crippen molar-refractivity contribution in [1.29, 1.82) is 0 Å². The maximum atomic E-state index is 14.3. The average Bonchev–Trinajstić information content (AvgIpc) is 2.78. The number of carbonyl (C=O) groups is 1. The second-order valence-electron chi connectivity index (χ2n) is 5.57. The molecular weight excluding hydrogens is 291 g/mol. The molecule has 1 aliphatic rings. The van der Waals surface area contributed by atoms with Crippen molar-refractivity contribution in [2.75, 3.05) is 18.0 Å². The lowest BCUT2D eigenvalue weighted by molar-refractivity contribution is 0.0695. The summed E-state index contributed by atoms with van der Waals surface area (Å²) in [5.74, 6) is -1.70. The number of H-pyrrole nitrogens is 1. The van der Waals surface area contributed by atoms with Crippen molar-refractivity contribution in [3.63, 3.8) is 0 Å². The van der Waals surface area contributed by atoms with Gasteiger partial charge >= 0.3 is 5.97 Å². The number of aromatic amines is 1. The van der Waals surface area contributed by atoms with Gasteiger partial charge < -0.3 is 20.7 Å². The largest absolute Gasteiger partial charge is 0.477 e. The number of rotatable bonds is 2. The monoisotopic (exact) mass is 306 g/mol. The van der Waals surface area contributed by atoms with E-state index in [4.69, 9.17) is 10.8 Å². The number of fused-ring (bicyclic) bond motifs is 1. The topological polar surface area (TPSA) is 112 Å². The number of nitrogens with two attached hydrogens (primary N) is 1. The van der Waals surface area contributed by atoms with Gasteiger partial charge in [-0.15, -0.1) is 0 Å². The fourth-order valence-electron chi connectivity index (χ4n) is 2.66. The van der Waals surface area contributed by atoms with Gasteiger partial charge in [0.2, 0.25) is 5.43 Å². The zero-order valence-corrected chi connectivity index (χ0v) is 11.8. The highest BCUT2D eigenvalue weighted by atomic mass is 19.1. The van der Waals surface area contributed by atoms with Crippen molar-refractivity contribution < 1.29 is 14.3 Å². The van der Waals surface area contributed by atoms with Gasteiger partial charge in [0.25, 0.3) is 0 Å². The molecule has 0 spiro atoms. The number of aromatic carboxylic acids is 1. The second kappa shape index (κ2) is 5.06. The Bertz CT molecular complexity index is 810. The van der Waals surface area contributed by atoms with Crippen LogP contribution in [0.1, 0.15) is 17.3 Å². The molecule has 0 amide bonds. The number of pyridine rings is 2. The number of halogens is 1. The van der Waals surface area contributed by atoms with Crippen LogP contribution in [0.4, 0.5) is 10.2 Å². The molecule has 2 aromatic rings. The van der Waals surface area contributed by atoms with E-state index in [2.05, 4.69) is 9.97 Å². The minimum Gasteiger partial charge on any atom is -0.477 e. The van der Waals surface area contributed by atoms with Crippen molar-refractivity contribution in [1.82, 2.24) is 9.97 Å². The maximum absolute atomic E-state index is 14.3. The first-order valence-corrected chi connectivity index (χ1v) is 6.84. The molecular formula is C14H15FN4O3. The van der Waals surface area contributed by atoms with Crippen molar-refractivity contribution in [2.45, 2.75) is 13.0 Å². The zero-order valence-electron chi connectivity index (χ0n) is 11.8. The number of carboxylic acids is 1. The molecule has 3 heterocycles. The SMILES string of the molecule is C[C@H]1CN(c2nc3[nH]cc(C(=O)O)c(=O)c3cc2F)C[C@H]1N. The van der Waals surface area contributed by atoms with Crippen LogP contribution in [0.2, 0.25) is 0 Å². The van der Waals surface area contributed by atoms with E-state index in [1.807, 2.05) is 6.92 Å². The van der Waals surface area contributed by atoms with Crippen LogP contribution < -0.4 is 16.1 Å². The van der Waals surface area contributed by atoms with Gasteiger partial charge in [-0.1, -0.05) is 6.92 Å². The standard InChI is InChI=1S/C14H15FN4O3/c1-6-4-19(5-10(6)16)13-9(15)2-7-11(20)8(14(21)22)3-17-12(7)18-13/h2-3,6,10H,4-5,16H2,1H3,(H,21,22)(H,17,18,20)/t6-,10+/m0/s1. The van der Waals surface area contributed by atoms with Gasteiger partial charge in [-0.2, -0.15) is 0 Å². The van der Waals surface area contributed by atoms with E-state index < -0.39 is 22.8 Å². The summed E-state index contributed by atoms with van der Waals surface area (Å²) in [7, 11) is 0. The molecule has 1 aliphatic heterocycles. The summed E-state index contributed by atoms with van der Waals surface area (Å²) in [5, 5.41) is 8.84. The first-order chi connectivity index (χ1) is 10.4. The first kappa shape index (κ1) is 14.5. The third-order valence-electron chi connectivity index (χ3n) is 4.00. The Hall–Kier alpha value is -2.48. The van der Waals surface area contributed by atoms with Crippen molar-refractivity contribution in [3.8, 4) is 0 Å². The van der Waals surface area contributed by atoms with Gasteiger partial charge in [-0.3, -0.25) is 4.79 Å². The maximum Gasteiger partial charge on any atom is 0.341 e. The Morgan fingerprint density at radius 1 is 1.55 bits per heavy atom. The van der Waals surface area contributed by atoms with Gasteiger partial charge in [0.1, 0.15) is 11.2 Å². The van der Waals surface area contributed by atoms with Gasteiger partial charge in [0, 0.05) is 25.3 Å². The van der Waals surface area contributed by atoms with Crippen LogP contribution >= 0.6 is 0 Å². The fourth-order valence-corrected chi connectivity index (χ4v) is 2.66. The number of nitrogens with one attached hydrogen (secondary N) is 1. The van der Waals surface area contributed by atoms with Crippen molar-refractivity contribution in [2.24, 2.45) is 11.7 Å². The summed E-state index contributed by atoms with van der Waals surface area (Å²) in [6.45, 7) is 3.03. The fraction of sp³-hybridized carbons (Fsp3) is 0.357. The van der Waals surface area contributed by atoms with Crippen LogP contribution in [-0.4, -0.2) is 40.2 Å². The molecule has 0 aliphatic carbocycles. The number of hydrogen-bond acceptors (Lipinski definition) is 5. The van der Waals surface area contributed by atoms with E-state index in [-0.39, 0.29) is 28.8 Å². The molecule has 8 heteroatoms. The van der Waals surface area contributed by atoms with Gasteiger partial charge in [0.15, 0.2) is 11.6 Å². The van der Waals surface area contributed by atoms with E-state index in [9.17, 15) is 14.0 Å². The molecule has 7 nitrogen and oxygen atoms in total. The zero-order chi connectivity index (χ0) is 16.0. The summed E-state index contributed by atoms with van der Waals surface area (Å²) >= 11 is 0. The lowest BCUT2D eigenvalue weighted by Crippen LogP contribution is -2.29. The Balaban J connectivity index is 2.12. The van der Waals surface area contributed by atoms with Crippen molar-refractivity contribution in [3.05, 3.63) is 33.9 Å². The van der Waals surface area contributed by atoms with E-state index in [1.165, 1.54) is 0 Å². The smallest absolute Gasteiger partial charge is 0.341 e. The van der Waals surface area contributed by atoms with Crippen LogP contribution in [0, 0.1) is 11.7 Å². The van der Waals surface area contributed by atoms with Crippen LogP contribution in [0.5, 0.6) is 0 Å². The number of hydrogen-bond donors (Lipinski definition) is 3. The van der Waals surface area contributed by atoms with Gasteiger partial charge in [-0.05, 0) is 12.0 Å². The number of aromatic nitrogens is 2. The minimum absolute atomic E-state index is 0.0645. The Labute approximate surface area is 124 Å². The van der Waals surface area contributed by atoms with E-state index in [0.717, 1.165) is 12.3 Å². The predicted octanol–water partition coefficient (Wildman–Crippen LogP) is 0.544. The average molecular weight is 306 g/mol. The highest BCUT2D eigenvalue weighted by molar-refractivity contribution is 5.91. The summed E-state index contributed by atoms with van der Waals surface area (Å²) in [6.07, 6.45) is 1.07. The highest BCUT2D eigenvalue weighted by Gasteiger charge is 2.29. The lowest BCUT2D eigenvalue weighted by atomic mass is 10.1.